The van der Waals surface area contributed by atoms with Gasteiger partial charge in [0.25, 0.3) is 0 Å². The number of methoxy groups -OCH3 is 1. The first-order valence-corrected chi connectivity index (χ1v) is 6.03. The fourth-order valence-electron chi connectivity index (χ4n) is 2.05. The third-order valence-corrected chi connectivity index (χ3v) is 3.13. The second-order valence-electron chi connectivity index (χ2n) is 4.47. The number of carbonyl (C=O) groups is 1. The van der Waals surface area contributed by atoms with Gasteiger partial charge in [-0.1, -0.05) is 18.2 Å². The molecule has 0 unspecified atom stereocenters. The Morgan fingerprint density at radius 2 is 2.06 bits per heavy atom. The first kappa shape index (κ1) is 11.0. The summed E-state index contributed by atoms with van der Waals surface area (Å²) in [6.07, 6.45) is 2.33. The molecule has 1 aliphatic rings. The molecule has 4 nitrogen and oxygen atoms in total. The van der Waals surface area contributed by atoms with E-state index in [-0.39, 0.29) is 5.97 Å². The zero-order chi connectivity index (χ0) is 12.5. The summed E-state index contributed by atoms with van der Waals surface area (Å²) in [5, 5.41) is 4.35. The molecule has 0 atom stereocenters. The summed E-state index contributed by atoms with van der Waals surface area (Å²) in [5.41, 5.74) is 2.46. The summed E-state index contributed by atoms with van der Waals surface area (Å²) in [4.78, 5) is 11.6. The number of para-hydroxylation sites is 1. The van der Waals surface area contributed by atoms with Gasteiger partial charge in [-0.15, -0.1) is 0 Å². The van der Waals surface area contributed by atoms with E-state index in [4.69, 9.17) is 4.74 Å². The maximum Gasteiger partial charge on any atom is 0.358 e. The van der Waals surface area contributed by atoms with Crippen molar-refractivity contribution in [2.45, 2.75) is 18.8 Å². The van der Waals surface area contributed by atoms with E-state index >= 15 is 0 Å². The van der Waals surface area contributed by atoms with Crippen molar-refractivity contribution < 1.29 is 9.53 Å². The smallest absolute Gasteiger partial charge is 0.358 e. The van der Waals surface area contributed by atoms with Gasteiger partial charge in [0.15, 0.2) is 5.69 Å². The molecule has 18 heavy (non-hydrogen) atoms. The molecule has 1 saturated carbocycles. The number of benzene rings is 1. The van der Waals surface area contributed by atoms with Crippen LogP contribution < -0.4 is 0 Å². The van der Waals surface area contributed by atoms with Crippen molar-refractivity contribution in [3.63, 3.8) is 0 Å². The molecular weight excluding hydrogens is 228 g/mol. The molecule has 1 aliphatic carbocycles. The van der Waals surface area contributed by atoms with Crippen LogP contribution >= 0.6 is 0 Å². The van der Waals surface area contributed by atoms with Crippen molar-refractivity contribution in [3.8, 4) is 5.69 Å². The van der Waals surface area contributed by atoms with Crippen LogP contribution in [0.3, 0.4) is 0 Å². The molecule has 3 rings (SSSR count). The number of rotatable bonds is 3. The van der Waals surface area contributed by atoms with Crippen LogP contribution in [0.1, 0.15) is 34.9 Å². The van der Waals surface area contributed by atoms with Crippen LogP contribution in [0.2, 0.25) is 0 Å². The third-order valence-electron chi connectivity index (χ3n) is 3.13. The van der Waals surface area contributed by atoms with Gasteiger partial charge in [0.05, 0.1) is 12.8 Å². The predicted octanol–water partition coefficient (Wildman–Crippen LogP) is 2.54. The average Bonchev–Trinajstić information content (AvgIpc) is 3.18. The monoisotopic (exact) mass is 242 g/mol. The topological polar surface area (TPSA) is 44.1 Å². The van der Waals surface area contributed by atoms with E-state index in [1.54, 1.807) is 0 Å². The molecule has 92 valence electrons. The fourth-order valence-corrected chi connectivity index (χ4v) is 2.05. The van der Waals surface area contributed by atoms with E-state index in [0.717, 1.165) is 11.4 Å². The summed E-state index contributed by atoms with van der Waals surface area (Å²) in [7, 11) is 1.38. The number of esters is 1. The zero-order valence-electron chi connectivity index (χ0n) is 10.2. The highest BCUT2D eigenvalue weighted by molar-refractivity contribution is 5.87. The summed E-state index contributed by atoms with van der Waals surface area (Å²) in [6.45, 7) is 0. The summed E-state index contributed by atoms with van der Waals surface area (Å²) >= 11 is 0. The van der Waals surface area contributed by atoms with Gasteiger partial charge in [0.2, 0.25) is 0 Å². The van der Waals surface area contributed by atoms with Gasteiger partial charge in [0, 0.05) is 11.6 Å². The Balaban J connectivity index is 2.07. The molecule has 0 amide bonds. The highest BCUT2D eigenvalue weighted by Crippen LogP contribution is 2.41. The quantitative estimate of drug-likeness (QED) is 0.777. The van der Waals surface area contributed by atoms with E-state index < -0.39 is 0 Å². The normalized spacial score (nSPS) is 14.5. The van der Waals surface area contributed by atoms with Crippen molar-refractivity contribution >= 4 is 5.97 Å². The lowest BCUT2D eigenvalue weighted by Crippen LogP contribution is -2.04. The SMILES string of the molecule is COC(=O)c1cc(C2CC2)n(-c2ccccc2)n1. The molecule has 1 fully saturated rings. The third kappa shape index (κ3) is 1.90. The number of carbonyl (C=O) groups excluding carboxylic acids is 1. The molecule has 1 heterocycles. The summed E-state index contributed by atoms with van der Waals surface area (Å²) in [5.74, 6) is 0.141. The van der Waals surface area contributed by atoms with Gasteiger partial charge >= 0.3 is 5.97 Å². The number of nitrogens with zero attached hydrogens (tertiary/aromatic N) is 2. The van der Waals surface area contributed by atoms with Crippen molar-refractivity contribution in [1.82, 2.24) is 9.78 Å². The Bertz CT molecular complexity index is 571. The number of aromatic nitrogens is 2. The standard InChI is InChI=1S/C14H14N2O2/c1-18-14(17)12-9-13(10-7-8-10)16(15-12)11-5-3-2-4-6-11/h2-6,9-10H,7-8H2,1H3. The van der Waals surface area contributed by atoms with Crippen LogP contribution in [0.5, 0.6) is 0 Å². The Morgan fingerprint density at radius 3 is 2.67 bits per heavy atom. The molecule has 1 aromatic heterocycles. The lowest BCUT2D eigenvalue weighted by Gasteiger charge is -2.05. The molecule has 2 aromatic rings. The van der Waals surface area contributed by atoms with Crippen LogP contribution in [-0.2, 0) is 4.74 Å². The lowest BCUT2D eigenvalue weighted by atomic mass is 10.2. The van der Waals surface area contributed by atoms with Gasteiger partial charge in [0.1, 0.15) is 0 Å². The molecule has 4 heteroatoms. The highest BCUT2D eigenvalue weighted by atomic mass is 16.5. The fraction of sp³-hybridized carbons (Fsp3) is 0.286. The second kappa shape index (κ2) is 4.29. The van der Waals surface area contributed by atoms with Crippen LogP contribution in [0.25, 0.3) is 5.69 Å². The van der Waals surface area contributed by atoms with Gasteiger partial charge < -0.3 is 4.74 Å². The van der Waals surface area contributed by atoms with Crippen LogP contribution in [0, 0.1) is 0 Å². The predicted molar refractivity (Wildman–Crippen MR) is 66.9 cm³/mol. The number of hydrogen-bond donors (Lipinski definition) is 0. The molecule has 0 radical (unpaired) electrons. The van der Waals surface area contributed by atoms with E-state index in [9.17, 15) is 4.79 Å². The van der Waals surface area contributed by atoms with Crippen molar-refractivity contribution in [1.29, 1.82) is 0 Å². The molecular formula is C14H14N2O2. The maximum absolute atomic E-state index is 11.6. The maximum atomic E-state index is 11.6. The average molecular weight is 242 g/mol. The Morgan fingerprint density at radius 1 is 1.33 bits per heavy atom. The molecule has 0 saturated heterocycles. The molecule has 0 spiro atoms. The Kier molecular flexibility index (Phi) is 2.63. The van der Waals surface area contributed by atoms with Crippen LogP contribution in [-0.4, -0.2) is 22.9 Å². The second-order valence-corrected chi connectivity index (χ2v) is 4.47. The van der Waals surface area contributed by atoms with Gasteiger partial charge in [-0.05, 0) is 31.0 Å². The lowest BCUT2D eigenvalue weighted by molar-refractivity contribution is 0.0593. The van der Waals surface area contributed by atoms with Crippen LogP contribution in [0.15, 0.2) is 36.4 Å². The molecule has 1 aromatic carbocycles. The molecule has 0 aliphatic heterocycles. The van der Waals surface area contributed by atoms with Crippen molar-refractivity contribution in [2.24, 2.45) is 0 Å². The summed E-state index contributed by atoms with van der Waals surface area (Å²) < 4.78 is 6.58. The van der Waals surface area contributed by atoms with E-state index in [1.807, 2.05) is 41.1 Å². The molecule has 0 N–H and O–H groups in total. The molecule has 0 bridgehead atoms. The van der Waals surface area contributed by atoms with Crippen molar-refractivity contribution in [3.05, 3.63) is 47.8 Å². The van der Waals surface area contributed by atoms with E-state index in [1.165, 1.54) is 20.0 Å². The Hall–Kier alpha value is -2.10. The van der Waals surface area contributed by atoms with Crippen LogP contribution in [0.4, 0.5) is 0 Å². The minimum atomic E-state index is -0.383. The first-order chi connectivity index (χ1) is 8.79. The minimum Gasteiger partial charge on any atom is -0.464 e. The van der Waals surface area contributed by atoms with Gasteiger partial charge in [-0.3, -0.25) is 0 Å². The number of hydrogen-bond acceptors (Lipinski definition) is 3. The van der Waals surface area contributed by atoms with E-state index in [2.05, 4.69) is 5.10 Å². The van der Waals surface area contributed by atoms with E-state index in [0.29, 0.717) is 11.6 Å². The first-order valence-electron chi connectivity index (χ1n) is 6.03. The number of ether oxygens (including phenoxy) is 1. The summed E-state index contributed by atoms with van der Waals surface area (Å²) in [6, 6.07) is 11.7. The van der Waals surface area contributed by atoms with Gasteiger partial charge in [-0.25, -0.2) is 9.48 Å². The highest BCUT2D eigenvalue weighted by Gasteiger charge is 2.29. The van der Waals surface area contributed by atoms with Crippen molar-refractivity contribution in [2.75, 3.05) is 7.11 Å². The van der Waals surface area contributed by atoms with Gasteiger partial charge in [-0.2, -0.15) is 5.10 Å². The Labute approximate surface area is 105 Å². The largest absolute Gasteiger partial charge is 0.464 e. The minimum absolute atomic E-state index is 0.378. The zero-order valence-corrected chi connectivity index (χ0v) is 10.2.